The van der Waals surface area contributed by atoms with Gasteiger partial charge in [-0.25, -0.2) is 8.42 Å². The van der Waals surface area contributed by atoms with Crippen molar-refractivity contribution < 1.29 is 22.6 Å². The molecule has 0 bridgehead atoms. The minimum Gasteiger partial charge on any atom is -0.497 e. The zero-order chi connectivity index (χ0) is 17.6. The highest BCUT2D eigenvalue weighted by Gasteiger charge is 2.21. The number of sulfonamides is 1. The molecule has 2 rings (SSSR count). The minimum atomic E-state index is -3.89. The Morgan fingerprint density at radius 1 is 1.38 bits per heavy atom. The lowest BCUT2D eigenvalue weighted by Crippen LogP contribution is -2.48. The maximum atomic E-state index is 12.4. The van der Waals surface area contributed by atoms with E-state index in [-0.39, 0.29) is 21.9 Å². The first-order valence-corrected chi connectivity index (χ1v) is 9.24. The highest BCUT2D eigenvalue weighted by atomic mass is 32.2. The van der Waals surface area contributed by atoms with Crippen LogP contribution in [-0.2, 0) is 14.8 Å². The molecule has 1 aromatic carbocycles. The second-order valence-electron chi connectivity index (χ2n) is 5.09. The summed E-state index contributed by atoms with van der Waals surface area (Å²) in [7, 11) is -1.05. The number of thiocarbonyl (C=S) groups is 1. The average molecular weight is 375 g/mol. The summed E-state index contributed by atoms with van der Waals surface area (Å²) in [5, 5.41) is 3.08. The Kier molecular flexibility index (Phi) is 6.60. The van der Waals surface area contributed by atoms with Crippen LogP contribution in [0.5, 0.6) is 11.5 Å². The molecule has 8 nitrogen and oxygen atoms in total. The van der Waals surface area contributed by atoms with Gasteiger partial charge in [-0.2, -0.15) is 0 Å². The van der Waals surface area contributed by atoms with Crippen molar-refractivity contribution in [3.63, 3.8) is 0 Å². The molecule has 3 N–H and O–H groups in total. The lowest BCUT2D eigenvalue weighted by Gasteiger charge is -2.16. The molecule has 0 spiro atoms. The summed E-state index contributed by atoms with van der Waals surface area (Å²) in [5.41, 5.74) is 2.46. The average Bonchev–Trinajstić information content (AvgIpc) is 3.11. The minimum absolute atomic E-state index is 0.0567. The van der Waals surface area contributed by atoms with Gasteiger partial charge in [-0.1, -0.05) is 0 Å². The van der Waals surface area contributed by atoms with Gasteiger partial charge < -0.3 is 19.5 Å². The van der Waals surface area contributed by atoms with Crippen molar-refractivity contribution in [2.45, 2.75) is 23.8 Å². The molecule has 0 saturated carbocycles. The monoisotopic (exact) mass is 375 g/mol. The maximum absolute atomic E-state index is 12.4. The molecule has 1 aromatic rings. The van der Waals surface area contributed by atoms with Crippen molar-refractivity contribution in [3.05, 3.63) is 18.2 Å². The first kappa shape index (κ1) is 18.7. The van der Waals surface area contributed by atoms with E-state index < -0.39 is 10.0 Å². The van der Waals surface area contributed by atoms with Crippen LogP contribution in [0.2, 0.25) is 0 Å². The quantitative estimate of drug-likeness (QED) is 0.469. The summed E-state index contributed by atoms with van der Waals surface area (Å²) in [6, 6.07) is 4.49. The second kappa shape index (κ2) is 8.47. The smallest absolute Gasteiger partial charge is 0.261 e. The molecule has 1 heterocycles. The number of ether oxygens (including phenoxy) is 3. The molecule has 1 fully saturated rings. The van der Waals surface area contributed by atoms with E-state index in [1.807, 2.05) is 0 Å². The summed E-state index contributed by atoms with van der Waals surface area (Å²) in [6.07, 6.45) is 2.08. The van der Waals surface area contributed by atoms with Crippen molar-refractivity contribution in [2.24, 2.45) is 0 Å². The largest absolute Gasteiger partial charge is 0.497 e. The fraction of sp³-hybridized carbons (Fsp3) is 0.500. The molecule has 24 heavy (non-hydrogen) atoms. The molecule has 1 aliphatic rings. The highest BCUT2D eigenvalue weighted by molar-refractivity contribution is 7.89. The molecule has 0 unspecified atom stereocenters. The Labute approximate surface area is 146 Å². The SMILES string of the molecule is COc1ccc(OC)c(S(=O)(=O)NNC(=S)NC[C@H]2CCCO2)c1. The molecule has 0 aromatic heterocycles. The molecule has 1 aliphatic heterocycles. The lowest BCUT2D eigenvalue weighted by atomic mass is 10.2. The van der Waals surface area contributed by atoms with E-state index in [1.165, 1.54) is 26.4 Å². The molecule has 0 amide bonds. The number of hydrazine groups is 1. The van der Waals surface area contributed by atoms with E-state index in [1.54, 1.807) is 6.07 Å². The van der Waals surface area contributed by atoms with Crippen LogP contribution in [0, 0.1) is 0 Å². The van der Waals surface area contributed by atoms with Gasteiger partial charge in [-0.15, -0.1) is 4.83 Å². The van der Waals surface area contributed by atoms with E-state index in [9.17, 15) is 8.42 Å². The normalized spacial score (nSPS) is 17.3. The summed E-state index contributed by atoms with van der Waals surface area (Å²) in [4.78, 5) is 2.16. The van der Waals surface area contributed by atoms with Gasteiger partial charge in [-0.05, 0) is 37.2 Å². The zero-order valence-corrected chi connectivity index (χ0v) is 15.1. The Morgan fingerprint density at radius 3 is 2.79 bits per heavy atom. The lowest BCUT2D eigenvalue weighted by molar-refractivity contribution is 0.114. The van der Waals surface area contributed by atoms with Crippen molar-refractivity contribution in [1.82, 2.24) is 15.6 Å². The predicted molar refractivity (Wildman–Crippen MR) is 92.6 cm³/mol. The molecule has 0 radical (unpaired) electrons. The molecule has 1 atom stereocenters. The van der Waals surface area contributed by atoms with Gasteiger partial charge in [0.05, 0.1) is 20.3 Å². The maximum Gasteiger partial charge on any atom is 0.261 e. The number of rotatable bonds is 7. The zero-order valence-electron chi connectivity index (χ0n) is 13.5. The Balaban J connectivity index is 1.96. The van der Waals surface area contributed by atoms with Gasteiger partial charge >= 0.3 is 0 Å². The second-order valence-corrected chi connectivity index (χ2v) is 7.15. The third kappa shape index (κ3) is 4.94. The highest BCUT2D eigenvalue weighted by Crippen LogP contribution is 2.27. The number of nitrogens with one attached hydrogen (secondary N) is 3. The predicted octanol–water partition coefficient (Wildman–Crippen LogP) is 0.540. The number of methoxy groups -OCH3 is 2. The van der Waals surface area contributed by atoms with Crippen LogP contribution in [0.25, 0.3) is 0 Å². The van der Waals surface area contributed by atoms with E-state index in [0.717, 1.165) is 19.4 Å². The van der Waals surface area contributed by atoms with Gasteiger partial charge in [0.25, 0.3) is 10.0 Å². The molecule has 1 saturated heterocycles. The van der Waals surface area contributed by atoms with Crippen LogP contribution in [0.15, 0.2) is 23.1 Å². The van der Waals surface area contributed by atoms with Crippen LogP contribution in [0.3, 0.4) is 0 Å². The molecule has 0 aliphatic carbocycles. The number of benzene rings is 1. The van der Waals surface area contributed by atoms with Crippen molar-refractivity contribution in [2.75, 3.05) is 27.4 Å². The van der Waals surface area contributed by atoms with Gasteiger partial charge in [0.15, 0.2) is 5.11 Å². The third-order valence-corrected chi connectivity index (χ3v) is 4.99. The number of hydrogen-bond acceptors (Lipinski definition) is 6. The van der Waals surface area contributed by atoms with Crippen LogP contribution >= 0.6 is 12.2 Å². The van der Waals surface area contributed by atoms with E-state index in [2.05, 4.69) is 15.6 Å². The first-order valence-electron chi connectivity index (χ1n) is 7.35. The van der Waals surface area contributed by atoms with E-state index >= 15 is 0 Å². The molecular formula is C14H21N3O5S2. The first-order chi connectivity index (χ1) is 11.5. The Hall–Kier alpha value is -1.62. The van der Waals surface area contributed by atoms with E-state index in [0.29, 0.717) is 12.3 Å². The number of hydrogen-bond donors (Lipinski definition) is 3. The van der Waals surface area contributed by atoms with Crippen LogP contribution < -0.4 is 25.0 Å². The standard InChI is InChI=1S/C14H21N3O5S2/c1-20-10-5-6-12(21-2)13(8-10)24(18,19)17-16-14(23)15-9-11-4-3-7-22-11/h5-6,8,11,17H,3-4,7,9H2,1-2H3,(H2,15,16,23)/t11-/m1/s1. The summed E-state index contributed by atoms with van der Waals surface area (Å²) < 4.78 is 40.4. The topological polar surface area (TPSA) is 97.9 Å². The van der Waals surface area contributed by atoms with Crippen molar-refractivity contribution in [3.8, 4) is 11.5 Å². The van der Waals surface area contributed by atoms with Crippen LogP contribution in [-0.4, -0.2) is 47.0 Å². The molecule has 134 valence electrons. The van der Waals surface area contributed by atoms with Gasteiger partial charge in [0, 0.05) is 19.2 Å². The van der Waals surface area contributed by atoms with Gasteiger partial charge in [0.2, 0.25) is 0 Å². The van der Waals surface area contributed by atoms with Crippen molar-refractivity contribution >= 4 is 27.4 Å². The summed E-state index contributed by atoms with van der Waals surface area (Å²) >= 11 is 5.06. The fourth-order valence-corrected chi connectivity index (χ4v) is 3.45. The van der Waals surface area contributed by atoms with Crippen LogP contribution in [0.1, 0.15) is 12.8 Å². The van der Waals surface area contributed by atoms with Gasteiger partial charge in [-0.3, -0.25) is 5.43 Å². The summed E-state index contributed by atoms with van der Waals surface area (Å²) in [5.74, 6) is 0.596. The third-order valence-electron chi connectivity index (χ3n) is 3.47. The molecular weight excluding hydrogens is 354 g/mol. The summed E-state index contributed by atoms with van der Waals surface area (Å²) in [6.45, 7) is 1.27. The molecule has 10 heteroatoms. The fourth-order valence-electron chi connectivity index (χ4n) is 2.22. The van der Waals surface area contributed by atoms with Crippen LogP contribution in [0.4, 0.5) is 0 Å². The van der Waals surface area contributed by atoms with Crippen molar-refractivity contribution in [1.29, 1.82) is 0 Å². The Morgan fingerprint density at radius 2 is 2.17 bits per heavy atom. The van der Waals surface area contributed by atoms with Gasteiger partial charge in [0.1, 0.15) is 16.4 Å². The van der Waals surface area contributed by atoms with E-state index in [4.69, 9.17) is 26.4 Å². The Bertz CT molecular complexity index is 675.